The minimum Gasteiger partial charge on any atom is -0.481 e. The van der Waals surface area contributed by atoms with Crippen LogP contribution in [0.3, 0.4) is 0 Å². The van der Waals surface area contributed by atoms with Gasteiger partial charge in [0, 0.05) is 6.42 Å². The normalized spacial score (nSPS) is 10.6. The lowest BCUT2D eigenvalue weighted by molar-refractivity contribution is -0.136. The molecule has 0 aliphatic rings. The van der Waals surface area contributed by atoms with E-state index in [1.807, 2.05) is 6.07 Å². The maximum atomic E-state index is 10.5. The van der Waals surface area contributed by atoms with Crippen LogP contribution in [-0.4, -0.2) is 11.1 Å². The number of hydrogen-bond acceptors (Lipinski definition) is 1. The summed E-state index contributed by atoms with van der Waals surface area (Å²) in [5.74, 6) is -0.744. The van der Waals surface area contributed by atoms with Gasteiger partial charge < -0.3 is 5.11 Å². The number of aliphatic carboxylic acids is 1. The Bertz CT molecular complexity index is 544. The van der Waals surface area contributed by atoms with E-state index in [1.54, 1.807) is 0 Å². The van der Waals surface area contributed by atoms with Crippen molar-refractivity contribution in [3.8, 4) is 0 Å². The monoisotopic (exact) mass is 228 g/mol. The molecule has 2 aromatic rings. The lowest BCUT2D eigenvalue weighted by Crippen LogP contribution is -1.97. The third-order valence-corrected chi connectivity index (χ3v) is 3.00. The highest BCUT2D eigenvalue weighted by Gasteiger charge is 2.01. The molecule has 2 heteroatoms. The SMILES string of the molecule is CCc1ccc2cc(CCC(=O)O)ccc2c1. The molecule has 2 rings (SSSR count). The topological polar surface area (TPSA) is 37.3 Å². The fraction of sp³-hybridized carbons (Fsp3) is 0.267. The van der Waals surface area contributed by atoms with Crippen LogP contribution in [0.1, 0.15) is 24.5 Å². The van der Waals surface area contributed by atoms with E-state index in [0.29, 0.717) is 6.42 Å². The zero-order chi connectivity index (χ0) is 12.3. The van der Waals surface area contributed by atoms with E-state index in [1.165, 1.54) is 16.3 Å². The maximum absolute atomic E-state index is 10.5. The van der Waals surface area contributed by atoms with Crippen LogP contribution in [0.25, 0.3) is 10.8 Å². The first kappa shape index (κ1) is 11.6. The number of carbonyl (C=O) groups is 1. The second-order valence-electron chi connectivity index (χ2n) is 4.26. The average Bonchev–Trinajstić information content (AvgIpc) is 2.35. The van der Waals surface area contributed by atoms with Gasteiger partial charge in [0.25, 0.3) is 0 Å². The van der Waals surface area contributed by atoms with Gasteiger partial charge in [-0.2, -0.15) is 0 Å². The Labute approximate surface area is 101 Å². The molecule has 0 bridgehead atoms. The van der Waals surface area contributed by atoms with E-state index in [2.05, 4.69) is 37.3 Å². The molecule has 17 heavy (non-hydrogen) atoms. The van der Waals surface area contributed by atoms with Crippen molar-refractivity contribution in [2.24, 2.45) is 0 Å². The highest BCUT2D eigenvalue weighted by molar-refractivity contribution is 5.84. The van der Waals surface area contributed by atoms with E-state index in [0.717, 1.165) is 12.0 Å². The summed E-state index contributed by atoms with van der Waals surface area (Å²) in [7, 11) is 0. The average molecular weight is 228 g/mol. The molecule has 0 aromatic heterocycles. The molecule has 0 unspecified atom stereocenters. The lowest BCUT2D eigenvalue weighted by atomic mass is 10.0. The van der Waals surface area contributed by atoms with E-state index in [4.69, 9.17) is 5.11 Å². The summed E-state index contributed by atoms with van der Waals surface area (Å²) in [6, 6.07) is 12.6. The van der Waals surface area contributed by atoms with E-state index in [-0.39, 0.29) is 6.42 Å². The minimum absolute atomic E-state index is 0.193. The zero-order valence-corrected chi connectivity index (χ0v) is 9.94. The molecule has 0 heterocycles. The van der Waals surface area contributed by atoms with Gasteiger partial charge in [0.05, 0.1) is 0 Å². The molecule has 0 aliphatic carbocycles. The molecule has 0 saturated heterocycles. The van der Waals surface area contributed by atoms with Crippen LogP contribution < -0.4 is 0 Å². The number of rotatable bonds is 4. The predicted molar refractivity (Wildman–Crippen MR) is 69.3 cm³/mol. The summed E-state index contributed by atoms with van der Waals surface area (Å²) < 4.78 is 0. The molecular weight excluding hydrogens is 212 g/mol. The zero-order valence-electron chi connectivity index (χ0n) is 9.94. The van der Waals surface area contributed by atoms with E-state index < -0.39 is 5.97 Å². The quantitative estimate of drug-likeness (QED) is 0.870. The van der Waals surface area contributed by atoms with Crippen molar-refractivity contribution < 1.29 is 9.90 Å². The van der Waals surface area contributed by atoms with Crippen LogP contribution in [0.5, 0.6) is 0 Å². The minimum atomic E-state index is -0.744. The number of carboxylic acids is 1. The van der Waals surface area contributed by atoms with Crippen LogP contribution >= 0.6 is 0 Å². The third-order valence-electron chi connectivity index (χ3n) is 3.00. The second kappa shape index (κ2) is 5.00. The number of carboxylic acid groups (broad SMARTS) is 1. The summed E-state index contributed by atoms with van der Waals surface area (Å²) in [4.78, 5) is 10.5. The molecule has 2 aromatic carbocycles. The Balaban J connectivity index is 2.28. The van der Waals surface area contributed by atoms with E-state index >= 15 is 0 Å². The Morgan fingerprint density at radius 1 is 1.06 bits per heavy atom. The van der Waals surface area contributed by atoms with Gasteiger partial charge in [0.1, 0.15) is 0 Å². The van der Waals surface area contributed by atoms with Gasteiger partial charge in [0.2, 0.25) is 0 Å². The standard InChI is InChI=1S/C15H16O2/c1-2-11-3-6-14-10-12(5-8-15(16)17)4-7-13(14)9-11/h3-4,6-7,9-10H,2,5,8H2,1H3,(H,16,17). The number of hydrogen-bond donors (Lipinski definition) is 1. The maximum Gasteiger partial charge on any atom is 0.303 e. The van der Waals surface area contributed by atoms with Crippen LogP contribution in [0.4, 0.5) is 0 Å². The highest BCUT2D eigenvalue weighted by Crippen LogP contribution is 2.19. The first-order valence-corrected chi connectivity index (χ1v) is 5.92. The molecule has 0 aliphatic heterocycles. The third kappa shape index (κ3) is 2.84. The molecular formula is C15H16O2. The van der Waals surface area contributed by atoms with Crippen molar-refractivity contribution in [3.05, 3.63) is 47.5 Å². The fourth-order valence-electron chi connectivity index (χ4n) is 1.97. The van der Waals surface area contributed by atoms with Crippen molar-refractivity contribution in [2.45, 2.75) is 26.2 Å². The molecule has 0 atom stereocenters. The van der Waals surface area contributed by atoms with Gasteiger partial charge in [-0.05, 0) is 34.7 Å². The van der Waals surface area contributed by atoms with E-state index in [9.17, 15) is 4.79 Å². The Hall–Kier alpha value is -1.83. The number of fused-ring (bicyclic) bond motifs is 1. The van der Waals surface area contributed by atoms with Gasteiger partial charge in [0.15, 0.2) is 0 Å². The number of benzene rings is 2. The van der Waals surface area contributed by atoms with Crippen molar-refractivity contribution >= 4 is 16.7 Å². The fourth-order valence-corrected chi connectivity index (χ4v) is 1.97. The Morgan fingerprint density at radius 3 is 2.24 bits per heavy atom. The lowest BCUT2D eigenvalue weighted by Gasteiger charge is -2.04. The summed E-state index contributed by atoms with van der Waals surface area (Å²) >= 11 is 0. The molecule has 2 nitrogen and oxygen atoms in total. The van der Waals surface area contributed by atoms with Gasteiger partial charge >= 0.3 is 5.97 Å². The summed E-state index contributed by atoms with van der Waals surface area (Å²) in [6.07, 6.45) is 1.83. The number of aryl methyl sites for hydroxylation is 2. The first-order chi connectivity index (χ1) is 8.19. The Morgan fingerprint density at radius 2 is 1.65 bits per heavy atom. The molecule has 88 valence electrons. The second-order valence-corrected chi connectivity index (χ2v) is 4.26. The molecule has 1 N–H and O–H groups in total. The largest absolute Gasteiger partial charge is 0.481 e. The molecule has 0 spiro atoms. The predicted octanol–water partition coefficient (Wildman–Crippen LogP) is 3.42. The van der Waals surface area contributed by atoms with Crippen molar-refractivity contribution in [2.75, 3.05) is 0 Å². The van der Waals surface area contributed by atoms with Crippen LogP contribution in [0, 0.1) is 0 Å². The van der Waals surface area contributed by atoms with Gasteiger partial charge in [-0.15, -0.1) is 0 Å². The molecule has 0 fully saturated rings. The van der Waals surface area contributed by atoms with Gasteiger partial charge in [-0.1, -0.05) is 43.3 Å². The summed E-state index contributed by atoms with van der Waals surface area (Å²) in [5.41, 5.74) is 2.42. The molecule has 0 saturated carbocycles. The molecule has 0 radical (unpaired) electrons. The summed E-state index contributed by atoms with van der Waals surface area (Å²) in [6.45, 7) is 2.14. The highest BCUT2D eigenvalue weighted by atomic mass is 16.4. The van der Waals surface area contributed by atoms with Gasteiger partial charge in [-0.3, -0.25) is 4.79 Å². The summed E-state index contributed by atoms with van der Waals surface area (Å²) in [5, 5.41) is 11.1. The van der Waals surface area contributed by atoms with Gasteiger partial charge in [-0.25, -0.2) is 0 Å². The smallest absolute Gasteiger partial charge is 0.303 e. The van der Waals surface area contributed by atoms with Crippen molar-refractivity contribution in [1.82, 2.24) is 0 Å². The molecule has 0 amide bonds. The van der Waals surface area contributed by atoms with Crippen LogP contribution in [0.2, 0.25) is 0 Å². The Kier molecular flexibility index (Phi) is 3.43. The van der Waals surface area contributed by atoms with Crippen molar-refractivity contribution in [1.29, 1.82) is 0 Å². The van der Waals surface area contributed by atoms with Crippen LogP contribution in [0.15, 0.2) is 36.4 Å². The van der Waals surface area contributed by atoms with Crippen LogP contribution in [-0.2, 0) is 17.6 Å². The first-order valence-electron chi connectivity index (χ1n) is 5.92. The van der Waals surface area contributed by atoms with Crippen molar-refractivity contribution in [3.63, 3.8) is 0 Å².